The molecule has 4 rings (SSSR count). The molecule has 2 aliphatic heterocycles. The molecule has 114 valence electrons. The van der Waals surface area contributed by atoms with E-state index in [4.69, 9.17) is 9.47 Å². The molecule has 2 aromatic rings. The highest BCUT2D eigenvalue weighted by Crippen LogP contribution is 2.38. The molecule has 0 aromatic heterocycles. The van der Waals surface area contributed by atoms with Crippen molar-refractivity contribution in [3.63, 3.8) is 0 Å². The van der Waals surface area contributed by atoms with E-state index < -0.39 is 0 Å². The second-order valence-electron chi connectivity index (χ2n) is 5.97. The Morgan fingerprint density at radius 3 is 2.73 bits per heavy atom. The van der Waals surface area contributed by atoms with Gasteiger partial charge in [-0.2, -0.15) is 0 Å². The van der Waals surface area contributed by atoms with Gasteiger partial charge in [-0.25, -0.2) is 0 Å². The first-order valence-electron chi connectivity index (χ1n) is 8.03. The summed E-state index contributed by atoms with van der Waals surface area (Å²) >= 11 is 0. The Morgan fingerprint density at radius 2 is 1.82 bits per heavy atom. The molecule has 2 aromatic carbocycles. The van der Waals surface area contributed by atoms with Crippen molar-refractivity contribution in [3.05, 3.63) is 65.7 Å². The molecule has 0 saturated carbocycles. The van der Waals surface area contributed by atoms with Crippen molar-refractivity contribution < 1.29 is 9.47 Å². The average Bonchev–Trinajstić information content (AvgIpc) is 2.60. The van der Waals surface area contributed by atoms with Gasteiger partial charge in [0.15, 0.2) is 0 Å². The summed E-state index contributed by atoms with van der Waals surface area (Å²) < 4.78 is 11.8. The monoisotopic (exact) mass is 295 g/mol. The van der Waals surface area contributed by atoms with Gasteiger partial charge in [0.2, 0.25) is 0 Å². The Bertz CT molecular complexity index is 628. The van der Waals surface area contributed by atoms with Crippen molar-refractivity contribution in [3.8, 4) is 5.75 Å². The molecule has 0 spiro atoms. The smallest absolute Gasteiger partial charge is 0.124 e. The van der Waals surface area contributed by atoms with Gasteiger partial charge in [-0.15, -0.1) is 0 Å². The van der Waals surface area contributed by atoms with E-state index in [9.17, 15) is 0 Å². The summed E-state index contributed by atoms with van der Waals surface area (Å²) in [4.78, 5) is 2.56. The van der Waals surface area contributed by atoms with Gasteiger partial charge in [0, 0.05) is 18.7 Å². The van der Waals surface area contributed by atoms with Crippen LogP contribution in [-0.2, 0) is 11.2 Å². The zero-order valence-electron chi connectivity index (χ0n) is 12.7. The van der Waals surface area contributed by atoms with Gasteiger partial charge in [-0.1, -0.05) is 48.5 Å². The second kappa shape index (κ2) is 6.11. The minimum atomic E-state index is 0.152. The van der Waals surface area contributed by atoms with E-state index in [1.54, 1.807) is 0 Å². The van der Waals surface area contributed by atoms with E-state index in [1.807, 2.05) is 6.07 Å². The van der Waals surface area contributed by atoms with Gasteiger partial charge in [-0.3, -0.25) is 4.90 Å². The Balaban J connectivity index is 1.55. The normalized spacial score (nSPS) is 24.2. The van der Waals surface area contributed by atoms with E-state index in [2.05, 4.69) is 53.4 Å². The van der Waals surface area contributed by atoms with Gasteiger partial charge in [0.25, 0.3) is 0 Å². The van der Waals surface area contributed by atoms with Gasteiger partial charge in [0.05, 0.1) is 12.6 Å². The topological polar surface area (TPSA) is 21.7 Å². The largest absolute Gasteiger partial charge is 0.490 e. The molecule has 0 amide bonds. The Morgan fingerprint density at radius 1 is 1.00 bits per heavy atom. The molecule has 1 saturated heterocycles. The summed E-state index contributed by atoms with van der Waals surface area (Å²) in [5.41, 5.74) is 2.66. The van der Waals surface area contributed by atoms with Crippen molar-refractivity contribution in [2.24, 2.45) is 0 Å². The van der Waals surface area contributed by atoms with Crippen LogP contribution in [0.15, 0.2) is 54.6 Å². The van der Waals surface area contributed by atoms with Crippen molar-refractivity contribution in [2.45, 2.75) is 18.6 Å². The highest BCUT2D eigenvalue weighted by Gasteiger charge is 2.38. The summed E-state index contributed by atoms with van der Waals surface area (Å²) in [6.07, 6.45) is 1.23. The molecule has 0 radical (unpaired) electrons. The van der Waals surface area contributed by atoms with Gasteiger partial charge in [-0.05, 0) is 18.1 Å². The highest BCUT2D eigenvalue weighted by atomic mass is 16.5. The Labute approximate surface area is 131 Å². The van der Waals surface area contributed by atoms with Gasteiger partial charge < -0.3 is 9.47 Å². The van der Waals surface area contributed by atoms with Crippen LogP contribution in [0.5, 0.6) is 5.75 Å². The van der Waals surface area contributed by atoms with E-state index in [1.165, 1.54) is 11.1 Å². The molecule has 1 fully saturated rings. The lowest BCUT2D eigenvalue weighted by molar-refractivity contribution is -0.0985. The number of benzene rings is 2. The van der Waals surface area contributed by atoms with Crippen LogP contribution in [0.1, 0.15) is 17.2 Å². The van der Waals surface area contributed by atoms with Crippen LogP contribution in [0.4, 0.5) is 0 Å². The summed E-state index contributed by atoms with van der Waals surface area (Å²) in [5.74, 6) is 1.01. The number of hydrogen-bond acceptors (Lipinski definition) is 3. The fraction of sp³-hybridized carbons (Fsp3) is 0.368. The number of morpholine rings is 1. The number of hydrogen-bond donors (Lipinski definition) is 0. The molecule has 2 aliphatic rings. The first-order chi connectivity index (χ1) is 10.9. The molecular weight excluding hydrogens is 274 g/mol. The van der Waals surface area contributed by atoms with Crippen LogP contribution in [0.2, 0.25) is 0 Å². The lowest BCUT2D eigenvalue weighted by atomic mass is 9.95. The van der Waals surface area contributed by atoms with Crippen LogP contribution < -0.4 is 4.74 Å². The zero-order valence-corrected chi connectivity index (χ0v) is 12.7. The molecule has 2 heterocycles. The first kappa shape index (κ1) is 13.8. The third kappa shape index (κ3) is 2.62. The highest BCUT2D eigenvalue weighted by molar-refractivity contribution is 5.38. The van der Waals surface area contributed by atoms with Crippen LogP contribution in [-0.4, -0.2) is 37.3 Å². The fourth-order valence-electron chi connectivity index (χ4n) is 3.52. The quantitative estimate of drug-likeness (QED) is 0.868. The van der Waals surface area contributed by atoms with E-state index in [0.29, 0.717) is 12.6 Å². The standard InChI is InChI=1S/C19H21NO2/c1-2-6-15(7-3-1)10-11-20-12-13-21-18-14-22-17-9-5-4-8-16(17)19(18)20/h1-9,18-19H,10-14H2/t18-,19-/m1/s1. The lowest BCUT2D eigenvalue weighted by Crippen LogP contribution is -2.50. The molecule has 3 heteroatoms. The molecule has 0 unspecified atom stereocenters. The number of ether oxygens (including phenoxy) is 2. The maximum Gasteiger partial charge on any atom is 0.124 e. The third-order valence-corrected chi connectivity index (χ3v) is 4.63. The van der Waals surface area contributed by atoms with Crippen molar-refractivity contribution >= 4 is 0 Å². The summed E-state index contributed by atoms with van der Waals surface area (Å²) in [6.45, 7) is 3.50. The molecule has 3 nitrogen and oxygen atoms in total. The second-order valence-corrected chi connectivity index (χ2v) is 5.97. The predicted octanol–water partition coefficient (Wildman–Crippen LogP) is 3.06. The number of para-hydroxylation sites is 1. The van der Waals surface area contributed by atoms with E-state index in [-0.39, 0.29) is 6.10 Å². The fourth-order valence-corrected chi connectivity index (χ4v) is 3.52. The van der Waals surface area contributed by atoms with Gasteiger partial charge in [0.1, 0.15) is 18.5 Å². The number of nitrogens with zero attached hydrogens (tertiary/aromatic N) is 1. The van der Waals surface area contributed by atoms with Crippen LogP contribution in [0, 0.1) is 0 Å². The van der Waals surface area contributed by atoms with Crippen molar-refractivity contribution in [1.82, 2.24) is 4.90 Å². The van der Waals surface area contributed by atoms with E-state index >= 15 is 0 Å². The third-order valence-electron chi connectivity index (χ3n) is 4.63. The molecule has 0 N–H and O–H groups in total. The number of fused-ring (bicyclic) bond motifs is 3. The van der Waals surface area contributed by atoms with Gasteiger partial charge >= 0.3 is 0 Å². The molecule has 0 bridgehead atoms. The van der Waals surface area contributed by atoms with Crippen LogP contribution in [0.25, 0.3) is 0 Å². The average molecular weight is 295 g/mol. The Hall–Kier alpha value is -1.84. The SMILES string of the molecule is c1ccc(CCN2CCO[C@@H]3COc4ccccc4[C@H]32)cc1. The zero-order chi connectivity index (χ0) is 14.8. The van der Waals surface area contributed by atoms with Crippen molar-refractivity contribution in [2.75, 3.05) is 26.3 Å². The molecule has 2 atom stereocenters. The molecule has 0 aliphatic carbocycles. The molecular formula is C19H21NO2. The van der Waals surface area contributed by atoms with Crippen molar-refractivity contribution in [1.29, 1.82) is 0 Å². The maximum atomic E-state index is 5.95. The summed E-state index contributed by atoms with van der Waals surface area (Å²) in [5, 5.41) is 0. The minimum absolute atomic E-state index is 0.152. The molecule has 22 heavy (non-hydrogen) atoms. The Kier molecular flexibility index (Phi) is 3.83. The number of rotatable bonds is 3. The first-order valence-corrected chi connectivity index (χ1v) is 8.03. The lowest BCUT2D eigenvalue weighted by Gasteiger charge is -2.44. The predicted molar refractivity (Wildman–Crippen MR) is 86.1 cm³/mol. The van der Waals surface area contributed by atoms with Crippen LogP contribution in [0.3, 0.4) is 0 Å². The summed E-state index contributed by atoms with van der Waals surface area (Å²) in [6, 6.07) is 19.4. The summed E-state index contributed by atoms with van der Waals surface area (Å²) in [7, 11) is 0. The minimum Gasteiger partial charge on any atom is -0.490 e. The maximum absolute atomic E-state index is 5.95. The van der Waals surface area contributed by atoms with Crippen LogP contribution >= 0.6 is 0 Å². The van der Waals surface area contributed by atoms with E-state index in [0.717, 1.165) is 31.9 Å².